The molecule has 2 rings (SSSR count). The standard InChI is InChI=1S/C18H20N2O2S/c1-12-7-8-13(2)17(9-12)20-18(22)11-23-16-6-4-5-15(10-16)19-14(3)21/h4-10H,11H2,1-3H3,(H,19,21)(H,20,22). The molecular weight excluding hydrogens is 308 g/mol. The van der Waals surface area contributed by atoms with Crippen LogP contribution in [0.3, 0.4) is 0 Å². The number of hydrogen-bond acceptors (Lipinski definition) is 3. The van der Waals surface area contributed by atoms with Crippen molar-refractivity contribution in [1.29, 1.82) is 0 Å². The van der Waals surface area contributed by atoms with E-state index < -0.39 is 0 Å². The van der Waals surface area contributed by atoms with Crippen molar-refractivity contribution in [2.75, 3.05) is 16.4 Å². The minimum absolute atomic E-state index is 0.0476. The average Bonchev–Trinajstić information content (AvgIpc) is 2.49. The quantitative estimate of drug-likeness (QED) is 0.816. The maximum absolute atomic E-state index is 12.1. The van der Waals surface area contributed by atoms with Crippen LogP contribution in [0.2, 0.25) is 0 Å². The van der Waals surface area contributed by atoms with E-state index in [1.807, 2.05) is 56.3 Å². The molecule has 0 unspecified atom stereocenters. The molecule has 0 aliphatic rings. The van der Waals surface area contributed by atoms with E-state index in [0.29, 0.717) is 5.75 Å². The lowest BCUT2D eigenvalue weighted by Crippen LogP contribution is -2.15. The topological polar surface area (TPSA) is 58.2 Å². The zero-order valence-corrected chi connectivity index (χ0v) is 14.3. The number of benzene rings is 2. The summed E-state index contributed by atoms with van der Waals surface area (Å²) < 4.78 is 0. The molecule has 5 heteroatoms. The summed E-state index contributed by atoms with van der Waals surface area (Å²) in [6.45, 7) is 5.44. The first-order valence-electron chi connectivity index (χ1n) is 7.31. The lowest BCUT2D eigenvalue weighted by molar-refractivity contribution is -0.114. The van der Waals surface area contributed by atoms with Crippen molar-refractivity contribution in [3.63, 3.8) is 0 Å². The highest BCUT2D eigenvalue weighted by Crippen LogP contribution is 2.22. The predicted molar refractivity (Wildman–Crippen MR) is 96.0 cm³/mol. The summed E-state index contributed by atoms with van der Waals surface area (Å²) in [6.07, 6.45) is 0. The summed E-state index contributed by atoms with van der Waals surface area (Å²) in [4.78, 5) is 24.1. The van der Waals surface area contributed by atoms with Crippen molar-refractivity contribution < 1.29 is 9.59 Å². The summed E-state index contributed by atoms with van der Waals surface area (Å²) in [5.41, 5.74) is 3.74. The lowest BCUT2D eigenvalue weighted by Gasteiger charge is -2.10. The van der Waals surface area contributed by atoms with Gasteiger partial charge in [-0.1, -0.05) is 18.2 Å². The Kier molecular flexibility index (Phi) is 5.82. The fraction of sp³-hybridized carbons (Fsp3) is 0.222. The van der Waals surface area contributed by atoms with Crippen molar-refractivity contribution in [3.8, 4) is 0 Å². The monoisotopic (exact) mass is 328 g/mol. The van der Waals surface area contributed by atoms with E-state index in [-0.39, 0.29) is 11.8 Å². The van der Waals surface area contributed by atoms with E-state index in [1.165, 1.54) is 18.7 Å². The molecule has 0 saturated heterocycles. The molecule has 0 fully saturated rings. The maximum Gasteiger partial charge on any atom is 0.234 e. The average molecular weight is 328 g/mol. The smallest absolute Gasteiger partial charge is 0.234 e. The van der Waals surface area contributed by atoms with Crippen molar-refractivity contribution in [3.05, 3.63) is 53.6 Å². The molecule has 0 radical (unpaired) electrons. The Morgan fingerprint density at radius 2 is 1.83 bits per heavy atom. The van der Waals surface area contributed by atoms with Gasteiger partial charge < -0.3 is 10.6 Å². The highest BCUT2D eigenvalue weighted by Gasteiger charge is 2.07. The summed E-state index contributed by atoms with van der Waals surface area (Å²) >= 11 is 1.44. The van der Waals surface area contributed by atoms with Crippen molar-refractivity contribution in [2.24, 2.45) is 0 Å². The molecule has 0 atom stereocenters. The van der Waals surface area contributed by atoms with Gasteiger partial charge >= 0.3 is 0 Å². The molecule has 0 saturated carbocycles. The molecule has 0 aliphatic heterocycles. The highest BCUT2D eigenvalue weighted by atomic mass is 32.2. The van der Waals surface area contributed by atoms with E-state index in [4.69, 9.17) is 0 Å². The third-order valence-corrected chi connectivity index (χ3v) is 4.19. The maximum atomic E-state index is 12.1. The van der Waals surface area contributed by atoms with Crippen LogP contribution in [0.5, 0.6) is 0 Å². The molecule has 120 valence electrons. The lowest BCUT2D eigenvalue weighted by atomic mass is 10.1. The Hall–Kier alpha value is -2.27. The predicted octanol–water partition coefficient (Wildman–Crippen LogP) is 3.99. The van der Waals surface area contributed by atoms with Crippen molar-refractivity contribution in [2.45, 2.75) is 25.7 Å². The van der Waals surface area contributed by atoms with E-state index in [0.717, 1.165) is 27.4 Å². The molecule has 2 amide bonds. The van der Waals surface area contributed by atoms with Gasteiger partial charge in [-0.25, -0.2) is 0 Å². The van der Waals surface area contributed by atoms with Crippen LogP contribution in [-0.4, -0.2) is 17.6 Å². The van der Waals surface area contributed by atoms with Gasteiger partial charge in [-0.05, 0) is 49.2 Å². The summed E-state index contributed by atoms with van der Waals surface area (Å²) in [5, 5.41) is 5.67. The minimum Gasteiger partial charge on any atom is -0.326 e. The van der Waals surface area contributed by atoms with Gasteiger partial charge in [0.25, 0.3) is 0 Å². The molecule has 4 nitrogen and oxygen atoms in total. The van der Waals surface area contributed by atoms with Crippen LogP contribution in [0, 0.1) is 13.8 Å². The third-order valence-electron chi connectivity index (χ3n) is 3.19. The van der Waals surface area contributed by atoms with Crippen LogP contribution in [0.15, 0.2) is 47.4 Å². The van der Waals surface area contributed by atoms with Gasteiger partial charge in [-0.3, -0.25) is 9.59 Å². The van der Waals surface area contributed by atoms with Crippen LogP contribution < -0.4 is 10.6 Å². The number of thioether (sulfide) groups is 1. The fourth-order valence-electron chi connectivity index (χ4n) is 2.07. The number of rotatable bonds is 5. The van der Waals surface area contributed by atoms with Gasteiger partial charge in [0.15, 0.2) is 0 Å². The molecule has 23 heavy (non-hydrogen) atoms. The number of amides is 2. The summed E-state index contributed by atoms with van der Waals surface area (Å²) in [5.74, 6) is 0.158. The Labute approximate surface area is 140 Å². The number of nitrogens with one attached hydrogen (secondary N) is 2. The zero-order valence-electron chi connectivity index (χ0n) is 13.5. The second kappa shape index (κ2) is 7.83. The highest BCUT2D eigenvalue weighted by molar-refractivity contribution is 8.00. The zero-order chi connectivity index (χ0) is 16.8. The minimum atomic E-state index is -0.111. The molecule has 0 heterocycles. The number of anilines is 2. The Morgan fingerprint density at radius 3 is 2.57 bits per heavy atom. The SMILES string of the molecule is CC(=O)Nc1cccc(SCC(=O)Nc2cc(C)ccc2C)c1. The molecule has 2 aromatic rings. The second-order valence-corrected chi connectivity index (χ2v) is 6.41. The normalized spacial score (nSPS) is 10.2. The van der Waals surface area contributed by atoms with E-state index >= 15 is 0 Å². The van der Waals surface area contributed by atoms with Crippen molar-refractivity contribution in [1.82, 2.24) is 0 Å². The van der Waals surface area contributed by atoms with Gasteiger partial charge in [-0.15, -0.1) is 11.8 Å². The number of carbonyl (C=O) groups is 2. The largest absolute Gasteiger partial charge is 0.326 e. The Bertz CT molecular complexity index is 729. The van der Waals surface area contributed by atoms with E-state index in [9.17, 15) is 9.59 Å². The molecule has 2 aromatic carbocycles. The van der Waals surface area contributed by atoms with E-state index in [1.54, 1.807) is 0 Å². The van der Waals surface area contributed by atoms with Gasteiger partial charge in [-0.2, -0.15) is 0 Å². The van der Waals surface area contributed by atoms with Crippen molar-refractivity contribution >= 4 is 35.0 Å². The van der Waals surface area contributed by atoms with Crippen LogP contribution >= 0.6 is 11.8 Å². The van der Waals surface area contributed by atoms with Crippen LogP contribution in [0.25, 0.3) is 0 Å². The first-order chi connectivity index (χ1) is 10.9. The molecule has 0 bridgehead atoms. The number of aryl methyl sites for hydroxylation is 2. The molecule has 2 N–H and O–H groups in total. The van der Waals surface area contributed by atoms with Crippen LogP contribution in [-0.2, 0) is 9.59 Å². The number of carbonyl (C=O) groups excluding carboxylic acids is 2. The Morgan fingerprint density at radius 1 is 1.04 bits per heavy atom. The second-order valence-electron chi connectivity index (χ2n) is 5.36. The number of hydrogen-bond donors (Lipinski definition) is 2. The third kappa shape index (κ3) is 5.45. The van der Waals surface area contributed by atoms with Crippen LogP contribution in [0.1, 0.15) is 18.1 Å². The Balaban J connectivity index is 1.94. The molecule has 0 aliphatic carbocycles. The van der Waals surface area contributed by atoms with Crippen LogP contribution in [0.4, 0.5) is 11.4 Å². The first kappa shape index (κ1) is 17.1. The first-order valence-corrected chi connectivity index (χ1v) is 8.30. The fourth-order valence-corrected chi connectivity index (χ4v) is 2.83. The molecular formula is C18H20N2O2S. The van der Waals surface area contributed by atoms with Gasteiger partial charge in [0, 0.05) is 23.2 Å². The van der Waals surface area contributed by atoms with Gasteiger partial charge in [0.05, 0.1) is 5.75 Å². The van der Waals surface area contributed by atoms with E-state index in [2.05, 4.69) is 10.6 Å². The van der Waals surface area contributed by atoms with Gasteiger partial charge in [0.2, 0.25) is 11.8 Å². The summed E-state index contributed by atoms with van der Waals surface area (Å²) in [7, 11) is 0. The van der Waals surface area contributed by atoms with Gasteiger partial charge in [0.1, 0.15) is 0 Å². The molecule has 0 aromatic heterocycles. The molecule has 0 spiro atoms. The summed E-state index contributed by atoms with van der Waals surface area (Å²) in [6, 6.07) is 13.4.